The standard InChI is InChI=1S/C18H15N/c1-19(2)18-14-12-17(13-15-18)11-7-6-10-16-8-4-3-5-9-16/h3-5,8-9,12-15H,1-2H3. The molecule has 0 unspecified atom stereocenters. The van der Waals surface area contributed by atoms with Gasteiger partial charge in [0.1, 0.15) is 0 Å². The van der Waals surface area contributed by atoms with Gasteiger partial charge in [-0.05, 0) is 48.2 Å². The van der Waals surface area contributed by atoms with Crippen LogP contribution in [0.4, 0.5) is 5.69 Å². The SMILES string of the molecule is CN(C)c1ccc(C#CC#Cc2ccccc2)cc1. The van der Waals surface area contributed by atoms with E-state index in [1.807, 2.05) is 56.6 Å². The Morgan fingerprint density at radius 1 is 0.684 bits per heavy atom. The van der Waals surface area contributed by atoms with E-state index in [1.54, 1.807) is 0 Å². The molecule has 0 saturated heterocycles. The van der Waals surface area contributed by atoms with Crippen molar-refractivity contribution in [2.24, 2.45) is 0 Å². The highest BCUT2D eigenvalue weighted by Gasteiger charge is 1.92. The second-order valence-corrected chi connectivity index (χ2v) is 4.31. The normalized spacial score (nSPS) is 8.74. The molecular weight excluding hydrogens is 230 g/mol. The molecule has 1 nitrogen and oxygen atoms in total. The highest BCUT2D eigenvalue weighted by molar-refractivity contribution is 5.51. The molecule has 2 aromatic carbocycles. The van der Waals surface area contributed by atoms with Gasteiger partial charge in [-0.15, -0.1) is 0 Å². The van der Waals surface area contributed by atoms with Crippen LogP contribution in [0.3, 0.4) is 0 Å². The molecule has 0 bridgehead atoms. The van der Waals surface area contributed by atoms with Crippen molar-refractivity contribution in [2.45, 2.75) is 0 Å². The van der Waals surface area contributed by atoms with Crippen molar-refractivity contribution in [1.82, 2.24) is 0 Å². The zero-order chi connectivity index (χ0) is 13.5. The molecule has 0 heterocycles. The second-order valence-electron chi connectivity index (χ2n) is 4.31. The van der Waals surface area contributed by atoms with Gasteiger partial charge in [-0.3, -0.25) is 0 Å². The first-order valence-corrected chi connectivity index (χ1v) is 6.10. The molecule has 2 rings (SSSR count). The highest BCUT2D eigenvalue weighted by atomic mass is 15.1. The van der Waals surface area contributed by atoms with E-state index in [1.165, 1.54) is 5.69 Å². The second kappa shape index (κ2) is 6.34. The van der Waals surface area contributed by atoms with Crippen LogP contribution < -0.4 is 4.90 Å². The third-order valence-corrected chi connectivity index (χ3v) is 2.63. The predicted molar refractivity (Wildman–Crippen MR) is 81.0 cm³/mol. The first-order valence-electron chi connectivity index (χ1n) is 6.10. The Kier molecular flexibility index (Phi) is 4.27. The van der Waals surface area contributed by atoms with Crippen molar-refractivity contribution in [2.75, 3.05) is 19.0 Å². The lowest BCUT2D eigenvalue weighted by Crippen LogP contribution is -2.07. The molecule has 0 aromatic heterocycles. The fourth-order valence-electron chi connectivity index (χ4n) is 1.57. The Labute approximate surface area is 114 Å². The van der Waals surface area contributed by atoms with Gasteiger partial charge in [0.2, 0.25) is 0 Å². The Morgan fingerprint density at radius 2 is 1.21 bits per heavy atom. The maximum absolute atomic E-state index is 3.04. The molecule has 0 spiro atoms. The van der Waals surface area contributed by atoms with Crippen LogP contribution in [0.1, 0.15) is 11.1 Å². The van der Waals surface area contributed by atoms with Crippen molar-refractivity contribution in [3.05, 3.63) is 65.7 Å². The molecule has 19 heavy (non-hydrogen) atoms. The molecule has 0 fully saturated rings. The number of nitrogens with zero attached hydrogens (tertiary/aromatic N) is 1. The first-order chi connectivity index (χ1) is 9.25. The Hall–Kier alpha value is -2.64. The van der Waals surface area contributed by atoms with Crippen molar-refractivity contribution >= 4 is 5.69 Å². The lowest BCUT2D eigenvalue weighted by Gasteiger charge is -2.11. The van der Waals surface area contributed by atoms with Gasteiger partial charge in [0, 0.05) is 30.9 Å². The van der Waals surface area contributed by atoms with Crippen molar-refractivity contribution in [3.8, 4) is 23.7 Å². The van der Waals surface area contributed by atoms with Gasteiger partial charge in [-0.1, -0.05) is 30.0 Å². The molecule has 0 atom stereocenters. The van der Waals surface area contributed by atoms with E-state index in [4.69, 9.17) is 0 Å². The summed E-state index contributed by atoms with van der Waals surface area (Å²) in [6.07, 6.45) is 0. The van der Waals surface area contributed by atoms with Crippen LogP contribution in [-0.2, 0) is 0 Å². The fourth-order valence-corrected chi connectivity index (χ4v) is 1.57. The van der Waals surface area contributed by atoms with Gasteiger partial charge in [0.05, 0.1) is 0 Å². The third kappa shape index (κ3) is 3.95. The van der Waals surface area contributed by atoms with E-state index < -0.39 is 0 Å². The van der Waals surface area contributed by atoms with Crippen molar-refractivity contribution in [1.29, 1.82) is 0 Å². The minimum Gasteiger partial charge on any atom is -0.378 e. The summed E-state index contributed by atoms with van der Waals surface area (Å²) < 4.78 is 0. The summed E-state index contributed by atoms with van der Waals surface area (Å²) in [6, 6.07) is 18.0. The van der Waals surface area contributed by atoms with E-state index in [0.717, 1.165) is 11.1 Å². The smallest absolute Gasteiger partial charge is 0.0361 e. The minimum absolute atomic E-state index is 0.980. The van der Waals surface area contributed by atoms with E-state index in [9.17, 15) is 0 Å². The predicted octanol–water partition coefficient (Wildman–Crippen LogP) is 3.16. The van der Waals surface area contributed by atoms with Gasteiger partial charge in [0.15, 0.2) is 0 Å². The highest BCUT2D eigenvalue weighted by Crippen LogP contribution is 2.11. The maximum atomic E-state index is 3.04. The molecule has 0 aliphatic carbocycles. The first kappa shape index (κ1) is 12.8. The average molecular weight is 245 g/mol. The lowest BCUT2D eigenvalue weighted by atomic mass is 10.2. The summed E-state index contributed by atoms with van der Waals surface area (Å²) in [5.74, 6) is 11.8. The molecule has 0 radical (unpaired) electrons. The monoisotopic (exact) mass is 245 g/mol. The summed E-state index contributed by atoms with van der Waals surface area (Å²) >= 11 is 0. The van der Waals surface area contributed by atoms with Crippen molar-refractivity contribution in [3.63, 3.8) is 0 Å². The number of anilines is 1. The topological polar surface area (TPSA) is 3.24 Å². The molecule has 0 amide bonds. The fraction of sp³-hybridized carbons (Fsp3) is 0.111. The number of hydrogen-bond acceptors (Lipinski definition) is 1. The van der Waals surface area contributed by atoms with Crippen LogP contribution >= 0.6 is 0 Å². The van der Waals surface area contributed by atoms with Gasteiger partial charge < -0.3 is 4.90 Å². The van der Waals surface area contributed by atoms with Crippen LogP contribution in [0.2, 0.25) is 0 Å². The van der Waals surface area contributed by atoms with E-state index in [0.29, 0.717) is 0 Å². The summed E-state index contributed by atoms with van der Waals surface area (Å²) in [6.45, 7) is 0. The molecule has 2 aromatic rings. The average Bonchev–Trinajstić information content (AvgIpc) is 2.45. The van der Waals surface area contributed by atoms with Crippen LogP contribution in [0, 0.1) is 23.7 Å². The lowest BCUT2D eigenvalue weighted by molar-refractivity contribution is 1.13. The maximum Gasteiger partial charge on any atom is 0.0361 e. The number of rotatable bonds is 1. The van der Waals surface area contributed by atoms with Gasteiger partial charge in [-0.25, -0.2) is 0 Å². The molecular formula is C18H15N. The van der Waals surface area contributed by atoms with Crippen LogP contribution in [-0.4, -0.2) is 14.1 Å². The zero-order valence-corrected chi connectivity index (χ0v) is 11.1. The van der Waals surface area contributed by atoms with Crippen LogP contribution in [0.5, 0.6) is 0 Å². The largest absolute Gasteiger partial charge is 0.378 e. The van der Waals surface area contributed by atoms with Gasteiger partial charge in [-0.2, -0.15) is 0 Å². The van der Waals surface area contributed by atoms with Crippen LogP contribution in [0.25, 0.3) is 0 Å². The van der Waals surface area contributed by atoms with E-state index in [2.05, 4.69) is 40.7 Å². The van der Waals surface area contributed by atoms with Crippen LogP contribution in [0.15, 0.2) is 54.6 Å². The summed E-state index contributed by atoms with van der Waals surface area (Å²) in [5, 5.41) is 0. The Morgan fingerprint density at radius 3 is 1.74 bits per heavy atom. The van der Waals surface area contributed by atoms with Crippen molar-refractivity contribution < 1.29 is 0 Å². The van der Waals surface area contributed by atoms with E-state index >= 15 is 0 Å². The summed E-state index contributed by atoms with van der Waals surface area (Å²) in [5.41, 5.74) is 3.13. The Balaban J connectivity index is 2.07. The summed E-state index contributed by atoms with van der Waals surface area (Å²) in [7, 11) is 4.04. The Bertz CT molecular complexity index is 644. The summed E-state index contributed by atoms with van der Waals surface area (Å²) in [4.78, 5) is 2.06. The number of hydrogen-bond donors (Lipinski definition) is 0. The molecule has 0 aliphatic rings. The quantitative estimate of drug-likeness (QED) is 0.698. The molecule has 1 heteroatoms. The zero-order valence-electron chi connectivity index (χ0n) is 11.1. The third-order valence-electron chi connectivity index (χ3n) is 2.63. The number of benzene rings is 2. The molecule has 0 N–H and O–H groups in total. The van der Waals surface area contributed by atoms with Gasteiger partial charge >= 0.3 is 0 Å². The van der Waals surface area contributed by atoms with E-state index in [-0.39, 0.29) is 0 Å². The van der Waals surface area contributed by atoms with Gasteiger partial charge in [0.25, 0.3) is 0 Å². The molecule has 0 aliphatic heterocycles. The minimum atomic E-state index is 0.980. The molecule has 0 saturated carbocycles. The molecule has 92 valence electrons.